The summed E-state index contributed by atoms with van der Waals surface area (Å²) >= 11 is 3.63. The summed E-state index contributed by atoms with van der Waals surface area (Å²) in [4.78, 5) is 2.23. The summed E-state index contributed by atoms with van der Waals surface area (Å²) in [5.41, 5.74) is 7.92. The number of halogens is 1. The van der Waals surface area contributed by atoms with Crippen molar-refractivity contribution in [2.75, 3.05) is 20.6 Å². The van der Waals surface area contributed by atoms with Crippen molar-refractivity contribution in [3.63, 3.8) is 0 Å². The second kappa shape index (κ2) is 6.86. The van der Waals surface area contributed by atoms with Crippen LogP contribution in [0, 0.1) is 6.92 Å². The molecule has 0 unspecified atom stereocenters. The van der Waals surface area contributed by atoms with Crippen molar-refractivity contribution in [2.24, 2.45) is 0 Å². The number of aryl methyl sites for hydroxylation is 1. The molecule has 0 amide bonds. The third kappa shape index (κ3) is 3.49. The summed E-state index contributed by atoms with van der Waals surface area (Å²) in [5, 5.41) is 0. The van der Waals surface area contributed by atoms with Gasteiger partial charge in [-0.1, -0.05) is 58.4 Å². The van der Waals surface area contributed by atoms with Gasteiger partial charge in [-0.15, -0.1) is 0 Å². The van der Waals surface area contributed by atoms with Gasteiger partial charge in [-0.3, -0.25) is 0 Å². The predicted molar refractivity (Wildman–Crippen MR) is 104 cm³/mol. The Bertz CT molecular complexity index is 784. The Kier molecular flexibility index (Phi) is 4.84. The topological polar surface area (TPSA) is 3.24 Å². The zero-order valence-corrected chi connectivity index (χ0v) is 15.5. The third-order valence-electron chi connectivity index (χ3n) is 4.22. The molecule has 3 rings (SSSR count). The van der Waals surface area contributed by atoms with E-state index < -0.39 is 0 Å². The summed E-state index contributed by atoms with van der Waals surface area (Å²) in [5.74, 6) is 0. The minimum Gasteiger partial charge on any atom is -0.309 e. The lowest BCUT2D eigenvalue weighted by Gasteiger charge is -2.16. The lowest BCUT2D eigenvalue weighted by atomic mass is 9.90. The highest BCUT2D eigenvalue weighted by atomic mass is 79.9. The molecule has 0 N–H and O–H groups in total. The molecule has 0 spiro atoms. The van der Waals surface area contributed by atoms with Gasteiger partial charge in [0.25, 0.3) is 0 Å². The van der Waals surface area contributed by atoms with Gasteiger partial charge in [0.2, 0.25) is 0 Å². The molecule has 0 saturated heterocycles. The second-order valence-electron chi connectivity index (χ2n) is 6.32. The van der Waals surface area contributed by atoms with Crippen LogP contribution in [0.5, 0.6) is 0 Å². The number of fused-ring (bicyclic) bond motifs is 2. The highest BCUT2D eigenvalue weighted by Gasteiger charge is 2.17. The Morgan fingerprint density at radius 1 is 1.04 bits per heavy atom. The first-order valence-corrected chi connectivity index (χ1v) is 8.78. The first kappa shape index (κ1) is 16.2. The van der Waals surface area contributed by atoms with E-state index in [1.165, 1.54) is 33.4 Å². The number of nitrogens with zero attached hydrogens (tertiary/aromatic N) is 1. The van der Waals surface area contributed by atoms with E-state index in [-0.39, 0.29) is 0 Å². The van der Waals surface area contributed by atoms with Gasteiger partial charge >= 0.3 is 0 Å². The van der Waals surface area contributed by atoms with Crippen molar-refractivity contribution in [3.8, 4) is 0 Å². The second-order valence-corrected chi connectivity index (χ2v) is 7.23. The van der Waals surface area contributed by atoms with E-state index in [9.17, 15) is 0 Å². The fraction of sp³-hybridized carbons (Fsp3) is 0.238. The minimum absolute atomic E-state index is 1.05. The molecular weight excluding hydrogens is 346 g/mol. The van der Waals surface area contributed by atoms with Crippen molar-refractivity contribution in [1.82, 2.24) is 4.90 Å². The standard InChI is InChI=1S/C21H22BrN/c1-15-13-18(22)14-17-11-10-16-7-4-5-8-19(16)20(21(15)17)9-6-12-23(2)3/h4-5,7-11,13-14H,6,12H2,1-3H3/b20-9+. The van der Waals surface area contributed by atoms with Crippen molar-refractivity contribution in [2.45, 2.75) is 13.3 Å². The molecular formula is C21H22BrN. The molecule has 1 nitrogen and oxygen atoms in total. The summed E-state index contributed by atoms with van der Waals surface area (Å²) in [6.45, 7) is 3.26. The molecule has 2 aromatic rings. The predicted octanol–water partition coefficient (Wildman–Crippen LogP) is 5.62. The molecule has 23 heavy (non-hydrogen) atoms. The molecule has 0 aromatic heterocycles. The third-order valence-corrected chi connectivity index (χ3v) is 4.68. The van der Waals surface area contributed by atoms with Crippen LogP contribution in [0.25, 0.3) is 17.7 Å². The molecule has 1 aliphatic carbocycles. The zero-order valence-electron chi connectivity index (χ0n) is 13.9. The van der Waals surface area contributed by atoms with E-state index in [0.29, 0.717) is 0 Å². The van der Waals surface area contributed by atoms with E-state index in [4.69, 9.17) is 0 Å². The largest absolute Gasteiger partial charge is 0.309 e. The lowest BCUT2D eigenvalue weighted by molar-refractivity contribution is 0.417. The molecule has 0 bridgehead atoms. The summed E-state index contributed by atoms with van der Waals surface area (Å²) in [7, 11) is 4.24. The van der Waals surface area contributed by atoms with Crippen LogP contribution in [0.2, 0.25) is 0 Å². The maximum atomic E-state index is 3.63. The van der Waals surface area contributed by atoms with Crippen LogP contribution in [0.15, 0.2) is 46.9 Å². The average molecular weight is 368 g/mol. The fourth-order valence-electron chi connectivity index (χ4n) is 3.15. The van der Waals surface area contributed by atoms with Gasteiger partial charge in [-0.25, -0.2) is 0 Å². The number of hydrogen-bond acceptors (Lipinski definition) is 1. The van der Waals surface area contributed by atoms with Gasteiger partial charge in [0.15, 0.2) is 0 Å². The fourth-order valence-corrected chi connectivity index (χ4v) is 3.74. The Labute approximate surface area is 147 Å². The van der Waals surface area contributed by atoms with Crippen molar-refractivity contribution >= 4 is 33.7 Å². The molecule has 0 atom stereocenters. The van der Waals surface area contributed by atoms with Crippen LogP contribution in [-0.4, -0.2) is 25.5 Å². The molecule has 2 heteroatoms. The Hall–Kier alpha value is -1.64. The van der Waals surface area contributed by atoms with Crippen molar-refractivity contribution < 1.29 is 0 Å². The molecule has 0 heterocycles. The van der Waals surface area contributed by atoms with E-state index in [0.717, 1.165) is 17.4 Å². The monoisotopic (exact) mass is 367 g/mol. The maximum absolute atomic E-state index is 3.63. The van der Waals surface area contributed by atoms with Gasteiger partial charge in [-0.05, 0) is 73.0 Å². The van der Waals surface area contributed by atoms with E-state index in [1.807, 2.05) is 0 Å². The quantitative estimate of drug-likeness (QED) is 0.580. The highest BCUT2D eigenvalue weighted by Crippen LogP contribution is 2.37. The van der Waals surface area contributed by atoms with Gasteiger partial charge in [-0.2, -0.15) is 0 Å². The normalized spacial score (nSPS) is 14.7. The molecule has 118 valence electrons. The molecule has 0 radical (unpaired) electrons. The first-order valence-electron chi connectivity index (χ1n) is 7.99. The Morgan fingerprint density at radius 2 is 1.78 bits per heavy atom. The molecule has 2 aromatic carbocycles. The summed E-state index contributed by atoms with van der Waals surface area (Å²) in [6, 6.07) is 13.1. The average Bonchev–Trinajstić information content (AvgIpc) is 2.65. The van der Waals surface area contributed by atoms with Gasteiger partial charge in [0.1, 0.15) is 0 Å². The van der Waals surface area contributed by atoms with Crippen LogP contribution < -0.4 is 0 Å². The van der Waals surface area contributed by atoms with E-state index in [2.05, 4.69) is 96.5 Å². The minimum atomic E-state index is 1.05. The first-order chi connectivity index (χ1) is 11.1. The number of benzene rings is 2. The Balaban J connectivity index is 2.19. The van der Waals surface area contributed by atoms with Crippen LogP contribution >= 0.6 is 15.9 Å². The smallest absolute Gasteiger partial charge is 0.0184 e. The lowest BCUT2D eigenvalue weighted by Crippen LogP contribution is -2.12. The molecule has 0 aliphatic heterocycles. The van der Waals surface area contributed by atoms with Crippen molar-refractivity contribution in [1.29, 1.82) is 0 Å². The maximum Gasteiger partial charge on any atom is 0.0184 e. The summed E-state index contributed by atoms with van der Waals surface area (Å²) in [6.07, 6.45) is 7.91. The van der Waals surface area contributed by atoms with Crippen LogP contribution in [0.4, 0.5) is 0 Å². The van der Waals surface area contributed by atoms with Gasteiger partial charge < -0.3 is 4.90 Å². The highest BCUT2D eigenvalue weighted by molar-refractivity contribution is 9.10. The Morgan fingerprint density at radius 3 is 2.57 bits per heavy atom. The van der Waals surface area contributed by atoms with Crippen LogP contribution in [0.3, 0.4) is 0 Å². The molecule has 0 fully saturated rings. The molecule has 1 aliphatic rings. The van der Waals surface area contributed by atoms with Crippen molar-refractivity contribution in [3.05, 3.63) is 74.8 Å². The SMILES string of the molecule is Cc1cc(Br)cc2c1/C(=C/CCN(C)C)c1ccccc1C=C2. The van der Waals surface area contributed by atoms with E-state index >= 15 is 0 Å². The zero-order chi connectivity index (χ0) is 16.4. The molecule has 0 saturated carbocycles. The van der Waals surface area contributed by atoms with E-state index in [1.54, 1.807) is 0 Å². The summed E-state index contributed by atoms with van der Waals surface area (Å²) < 4.78 is 1.14. The van der Waals surface area contributed by atoms with Crippen LogP contribution in [-0.2, 0) is 0 Å². The van der Waals surface area contributed by atoms with Gasteiger partial charge in [0, 0.05) is 11.0 Å². The van der Waals surface area contributed by atoms with Gasteiger partial charge in [0.05, 0.1) is 0 Å². The van der Waals surface area contributed by atoms with Crippen LogP contribution in [0.1, 0.15) is 34.2 Å². The number of hydrogen-bond donors (Lipinski definition) is 0. The number of rotatable bonds is 3.